The van der Waals surface area contributed by atoms with Gasteiger partial charge in [-0.05, 0) is 56.1 Å². The summed E-state index contributed by atoms with van der Waals surface area (Å²) >= 11 is 0. The van der Waals surface area contributed by atoms with Crippen molar-refractivity contribution in [3.8, 4) is 17.0 Å². The van der Waals surface area contributed by atoms with Crippen LogP contribution in [-0.4, -0.2) is 35.9 Å². The molecule has 0 spiro atoms. The summed E-state index contributed by atoms with van der Waals surface area (Å²) in [6.45, 7) is 0.600. The second-order valence-corrected chi connectivity index (χ2v) is 6.73. The fraction of sp³-hybridized carbons (Fsp3) is 0.238. The minimum atomic E-state index is -0.507. The van der Waals surface area contributed by atoms with Gasteiger partial charge >= 0.3 is 0 Å². The van der Waals surface area contributed by atoms with Gasteiger partial charge < -0.3 is 9.64 Å². The third kappa shape index (κ3) is 4.43. The first-order chi connectivity index (χ1) is 13.4. The van der Waals surface area contributed by atoms with Crippen molar-refractivity contribution in [2.24, 2.45) is 0 Å². The lowest BCUT2D eigenvalue weighted by molar-refractivity contribution is 0.386. The van der Waals surface area contributed by atoms with Crippen LogP contribution in [0.3, 0.4) is 0 Å². The number of methoxy groups -OCH3 is 1. The van der Waals surface area contributed by atoms with Crippen molar-refractivity contribution in [3.63, 3.8) is 0 Å². The lowest BCUT2D eigenvalue weighted by Crippen LogP contribution is -2.29. The lowest BCUT2D eigenvalue weighted by atomic mass is 10.1. The number of aromatic nitrogens is 2. The number of nitrogens with zero attached hydrogens (tertiary/aromatic N) is 3. The fourth-order valence-corrected chi connectivity index (χ4v) is 2.89. The summed E-state index contributed by atoms with van der Waals surface area (Å²) in [4.78, 5) is 14.7. The minimum Gasteiger partial charge on any atom is -0.494 e. The van der Waals surface area contributed by atoms with E-state index >= 15 is 0 Å². The molecule has 1 aromatic heterocycles. The summed E-state index contributed by atoms with van der Waals surface area (Å²) in [5, 5.41) is 4.41. The Morgan fingerprint density at radius 2 is 1.79 bits per heavy atom. The third-order valence-electron chi connectivity index (χ3n) is 4.23. The first-order valence-corrected chi connectivity index (χ1v) is 8.71. The Hall–Kier alpha value is -3.06. The van der Waals surface area contributed by atoms with Crippen LogP contribution in [0.25, 0.3) is 11.3 Å². The van der Waals surface area contributed by atoms with Gasteiger partial charge in [0.25, 0.3) is 5.56 Å². The molecule has 0 radical (unpaired) electrons. The van der Waals surface area contributed by atoms with Crippen molar-refractivity contribution in [2.75, 3.05) is 21.2 Å². The first-order valence-electron chi connectivity index (χ1n) is 8.71. The molecule has 146 valence electrons. The Labute approximate surface area is 161 Å². The smallest absolute Gasteiger partial charge is 0.271 e. The van der Waals surface area contributed by atoms with Crippen LogP contribution in [-0.2, 0) is 13.1 Å². The van der Waals surface area contributed by atoms with Gasteiger partial charge in [0.2, 0.25) is 0 Å². The van der Waals surface area contributed by atoms with Crippen molar-refractivity contribution < 1.29 is 13.5 Å². The second kappa shape index (κ2) is 8.31. The molecule has 0 saturated carbocycles. The molecule has 3 aromatic rings. The zero-order chi connectivity index (χ0) is 20.3. The van der Waals surface area contributed by atoms with Gasteiger partial charge in [0.15, 0.2) is 11.6 Å². The molecule has 3 rings (SSSR count). The highest BCUT2D eigenvalue weighted by Gasteiger charge is 2.13. The van der Waals surface area contributed by atoms with Gasteiger partial charge in [0, 0.05) is 17.7 Å². The number of rotatable bonds is 6. The number of hydrogen-bond donors (Lipinski definition) is 0. The van der Waals surface area contributed by atoms with Gasteiger partial charge in [0.05, 0.1) is 19.3 Å². The van der Waals surface area contributed by atoms with E-state index in [1.165, 1.54) is 36.1 Å². The highest BCUT2D eigenvalue weighted by Crippen LogP contribution is 2.24. The molecule has 28 heavy (non-hydrogen) atoms. The largest absolute Gasteiger partial charge is 0.494 e. The maximum atomic E-state index is 14.1. The number of halogens is 2. The summed E-state index contributed by atoms with van der Waals surface area (Å²) in [5.74, 6) is -0.719. The van der Waals surface area contributed by atoms with Crippen LogP contribution in [0, 0.1) is 11.6 Å². The highest BCUT2D eigenvalue weighted by atomic mass is 19.1. The van der Waals surface area contributed by atoms with E-state index in [0.29, 0.717) is 23.4 Å². The first kappa shape index (κ1) is 19.7. The Morgan fingerprint density at radius 1 is 1.07 bits per heavy atom. The molecule has 5 nitrogen and oxygen atoms in total. The van der Waals surface area contributed by atoms with Gasteiger partial charge in [0.1, 0.15) is 5.82 Å². The molecule has 0 bridgehead atoms. The molecule has 0 aliphatic heterocycles. The molecular formula is C21H21F2N3O2. The van der Waals surface area contributed by atoms with Crippen LogP contribution >= 0.6 is 0 Å². The van der Waals surface area contributed by atoms with E-state index in [0.717, 1.165) is 5.56 Å². The molecule has 0 aliphatic carbocycles. The SMILES string of the molecule is COc1ccc(-c2cc(CN(C)C)c(=O)n(Cc3ccc(F)cc3)n2)cc1F. The Kier molecular flexibility index (Phi) is 5.84. The van der Waals surface area contributed by atoms with E-state index in [4.69, 9.17) is 4.74 Å². The summed E-state index contributed by atoms with van der Waals surface area (Å²) in [6.07, 6.45) is 0. The van der Waals surface area contributed by atoms with Crippen molar-refractivity contribution in [2.45, 2.75) is 13.1 Å². The van der Waals surface area contributed by atoms with E-state index in [1.807, 2.05) is 19.0 Å². The van der Waals surface area contributed by atoms with Gasteiger partial charge in [-0.2, -0.15) is 5.10 Å². The summed E-state index contributed by atoms with van der Waals surface area (Å²) in [5.41, 5.74) is 2.04. The fourth-order valence-electron chi connectivity index (χ4n) is 2.89. The van der Waals surface area contributed by atoms with Gasteiger partial charge in [-0.25, -0.2) is 13.5 Å². The third-order valence-corrected chi connectivity index (χ3v) is 4.23. The molecule has 7 heteroatoms. The zero-order valence-corrected chi connectivity index (χ0v) is 15.9. The maximum absolute atomic E-state index is 14.1. The van der Waals surface area contributed by atoms with E-state index < -0.39 is 5.82 Å². The van der Waals surface area contributed by atoms with Crippen LogP contribution in [0.1, 0.15) is 11.1 Å². The molecule has 1 heterocycles. The zero-order valence-electron chi connectivity index (χ0n) is 15.9. The van der Waals surface area contributed by atoms with Crippen molar-refractivity contribution in [1.82, 2.24) is 14.7 Å². The summed E-state index contributed by atoms with van der Waals surface area (Å²) < 4.78 is 33.6. The minimum absolute atomic E-state index is 0.136. The van der Waals surface area contributed by atoms with E-state index in [2.05, 4.69) is 5.10 Å². The molecule has 0 atom stereocenters. The topological polar surface area (TPSA) is 47.4 Å². The summed E-state index contributed by atoms with van der Waals surface area (Å²) in [7, 11) is 5.11. The van der Waals surface area contributed by atoms with E-state index in [-0.39, 0.29) is 23.7 Å². The number of benzene rings is 2. The van der Waals surface area contributed by atoms with E-state index in [9.17, 15) is 13.6 Å². The standard InChI is InChI=1S/C21H21F2N3O2/c1-25(2)13-16-11-19(15-6-9-20(28-3)18(23)10-15)24-26(21(16)27)12-14-4-7-17(22)8-5-14/h4-11H,12-13H2,1-3H3. The normalized spacial score (nSPS) is 11.1. The Balaban J connectivity index is 2.08. The Bertz CT molecular complexity index is 1030. The van der Waals surface area contributed by atoms with E-state index in [1.54, 1.807) is 24.3 Å². The van der Waals surface area contributed by atoms with Crippen LogP contribution in [0.2, 0.25) is 0 Å². The molecular weight excluding hydrogens is 364 g/mol. The van der Waals surface area contributed by atoms with Crippen molar-refractivity contribution in [1.29, 1.82) is 0 Å². The molecule has 0 saturated heterocycles. The van der Waals surface area contributed by atoms with Crippen LogP contribution in [0.5, 0.6) is 5.75 Å². The number of hydrogen-bond acceptors (Lipinski definition) is 4. The lowest BCUT2D eigenvalue weighted by Gasteiger charge is -2.14. The van der Waals surface area contributed by atoms with Gasteiger partial charge in [-0.3, -0.25) is 4.79 Å². The van der Waals surface area contributed by atoms with Crippen LogP contribution < -0.4 is 10.3 Å². The highest BCUT2D eigenvalue weighted by molar-refractivity contribution is 5.60. The van der Waals surface area contributed by atoms with Crippen molar-refractivity contribution >= 4 is 0 Å². The van der Waals surface area contributed by atoms with Crippen molar-refractivity contribution in [3.05, 3.63) is 81.6 Å². The molecule has 2 aromatic carbocycles. The molecule has 0 fully saturated rings. The monoisotopic (exact) mass is 385 g/mol. The predicted molar refractivity (Wildman–Crippen MR) is 103 cm³/mol. The van der Waals surface area contributed by atoms with Gasteiger partial charge in [-0.15, -0.1) is 0 Å². The Morgan fingerprint density at radius 3 is 2.39 bits per heavy atom. The van der Waals surface area contributed by atoms with Crippen LogP contribution in [0.4, 0.5) is 8.78 Å². The maximum Gasteiger partial charge on any atom is 0.271 e. The molecule has 0 aliphatic rings. The average Bonchev–Trinajstić information content (AvgIpc) is 2.66. The molecule has 0 N–H and O–H groups in total. The second-order valence-electron chi connectivity index (χ2n) is 6.73. The molecule has 0 amide bonds. The number of ether oxygens (including phenoxy) is 1. The quantitative estimate of drug-likeness (QED) is 0.653. The summed E-state index contributed by atoms with van der Waals surface area (Å²) in [6, 6.07) is 12.1. The van der Waals surface area contributed by atoms with Gasteiger partial charge in [-0.1, -0.05) is 12.1 Å². The van der Waals surface area contributed by atoms with Crippen LogP contribution in [0.15, 0.2) is 53.3 Å². The average molecular weight is 385 g/mol. The molecule has 0 unspecified atom stereocenters. The predicted octanol–water partition coefficient (Wildman–Crippen LogP) is 3.31.